The molecule has 2 aromatic rings. The van der Waals surface area contributed by atoms with Crippen LogP contribution < -0.4 is 0 Å². The molecule has 0 N–H and O–H groups in total. The summed E-state index contributed by atoms with van der Waals surface area (Å²) in [7, 11) is 1.30. The van der Waals surface area contributed by atoms with E-state index >= 15 is 0 Å². The van der Waals surface area contributed by atoms with E-state index in [1.54, 1.807) is 0 Å². The molecule has 0 aromatic heterocycles. The van der Waals surface area contributed by atoms with Crippen LogP contribution in [0.15, 0.2) is 60.2 Å². The van der Waals surface area contributed by atoms with Crippen LogP contribution in [-0.2, 0) is 32.0 Å². The molecule has 0 bridgehead atoms. The quantitative estimate of drug-likeness (QED) is 0.235. The molecule has 1 atom stereocenters. The average molecular weight is 500 g/mol. The molecule has 190 valence electrons. The standard InChI is InChI=1S/C26H26F6O3/c1-17(19-13-21(25(27,28)29)15-22(14-19)26(30,31)32)35-16-24(20-6-4-3-5-7-20)10-8-18(9-11-24)12-23(33)34-2/h3-7,12-15,17H,8-11,16H2,1-2H3/t17-,24?/m1/s1. The van der Waals surface area contributed by atoms with Gasteiger partial charge in [0.1, 0.15) is 0 Å². The fourth-order valence-corrected chi connectivity index (χ4v) is 4.32. The van der Waals surface area contributed by atoms with Gasteiger partial charge >= 0.3 is 18.3 Å². The molecule has 35 heavy (non-hydrogen) atoms. The summed E-state index contributed by atoms with van der Waals surface area (Å²) >= 11 is 0. The average Bonchev–Trinajstić information content (AvgIpc) is 2.82. The Hall–Kier alpha value is -2.81. The Morgan fingerprint density at radius 2 is 1.51 bits per heavy atom. The van der Waals surface area contributed by atoms with Crippen molar-refractivity contribution in [2.75, 3.05) is 13.7 Å². The second-order valence-corrected chi connectivity index (χ2v) is 8.76. The van der Waals surface area contributed by atoms with Crippen molar-refractivity contribution in [3.63, 3.8) is 0 Å². The molecule has 1 saturated carbocycles. The van der Waals surface area contributed by atoms with E-state index in [4.69, 9.17) is 4.74 Å². The molecule has 1 fully saturated rings. The molecule has 9 heteroatoms. The largest absolute Gasteiger partial charge is 0.466 e. The summed E-state index contributed by atoms with van der Waals surface area (Å²) in [6, 6.07) is 10.9. The van der Waals surface area contributed by atoms with E-state index in [1.807, 2.05) is 30.3 Å². The molecule has 1 aliphatic carbocycles. The summed E-state index contributed by atoms with van der Waals surface area (Å²) in [6.45, 7) is 1.54. The number of allylic oxidation sites excluding steroid dienone is 1. The summed E-state index contributed by atoms with van der Waals surface area (Å²) in [5.41, 5.74) is -1.56. The molecule has 0 radical (unpaired) electrons. The van der Waals surface area contributed by atoms with E-state index in [0.717, 1.165) is 11.1 Å². The van der Waals surface area contributed by atoms with Crippen molar-refractivity contribution in [2.45, 2.75) is 56.5 Å². The van der Waals surface area contributed by atoms with Crippen molar-refractivity contribution in [1.82, 2.24) is 0 Å². The number of hydrogen-bond acceptors (Lipinski definition) is 3. The molecule has 3 nitrogen and oxygen atoms in total. The SMILES string of the molecule is COC(=O)C=C1CCC(CO[C@H](C)c2cc(C(F)(F)F)cc(C(F)(F)F)c2)(c2ccccc2)CC1. The third-order valence-electron chi connectivity index (χ3n) is 6.45. The smallest absolute Gasteiger partial charge is 0.416 e. The number of ether oxygens (including phenoxy) is 2. The minimum atomic E-state index is -4.92. The Morgan fingerprint density at radius 3 is 2.00 bits per heavy atom. The highest BCUT2D eigenvalue weighted by molar-refractivity contribution is 5.82. The summed E-state index contributed by atoms with van der Waals surface area (Å²) in [6.07, 6.45) is -7.02. The fourth-order valence-electron chi connectivity index (χ4n) is 4.32. The minimum Gasteiger partial charge on any atom is -0.466 e. The summed E-state index contributed by atoms with van der Waals surface area (Å²) in [4.78, 5) is 11.6. The lowest BCUT2D eigenvalue weighted by molar-refractivity contribution is -0.143. The van der Waals surface area contributed by atoms with Crippen molar-refractivity contribution in [1.29, 1.82) is 0 Å². The van der Waals surface area contributed by atoms with Gasteiger partial charge in [0.2, 0.25) is 0 Å². The number of methoxy groups -OCH3 is 1. The maximum atomic E-state index is 13.3. The Morgan fingerprint density at radius 1 is 0.971 bits per heavy atom. The molecule has 0 saturated heterocycles. The Labute approximate surface area is 199 Å². The predicted molar refractivity (Wildman–Crippen MR) is 118 cm³/mol. The van der Waals surface area contributed by atoms with Crippen LogP contribution in [0.4, 0.5) is 26.3 Å². The van der Waals surface area contributed by atoms with Gasteiger partial charge in [-0.2, -0.15) is 26.3 Å². The number of esters is 1. The lowest BCUT2D eigenvalue weighted by atomic mass is 9.68. The normalized spacial score (nSPS) is 19.8. The second-order valence-electron chi connectivity index (χ2n) is 8.76. The van der Waals surface area contributed by atoms with Crippen LogP contribution in [0.2, 0.25) is 0 Å². The first kappa shape index (κ1) is 26.8. The monoisotopic (exact) mass is 500 g/mol. The maximum Gasteiger partial charge on any atom is 0.416 e. The predicted octanol–water partition coefficient (Wildman–Crippen LogP) is 7.41. The molecule has 0 amide bonds. The number of alkyl halides is 6. The number of carbonyl (C=O) groups excluding carboxylic acids is 1. The van der Waals surface area contributed by atoms with Crippen molar-refractivity contribution in [3.05, 3.63) is 82.4 Å². The first-order valence-electron chi connectivity index (χ1n) is 11.1. The van der Waals surface area contributed by atoms with Gasteiger partial charge in [-0.1, -0.05) is 35.9 Å². The van der Waals surface area contributed by atoms with Crippen LogP contribution in [0.5, 0.6) is 0 Å². The van der Waals surface area contributed by atoms with Crippen molar-refractivity contribution in [2.24, 2.45) is 0 Å². The van der Waals surface area contributed by atoms with Gasteiger partial charge in [0, 0.05) is 11.5 Å². The molecule has 1 aliphatic rings. The van der Waals surface area contributed by atoms with Crippen molar-refractivity contribution < 1.29 is 40.6 Å². The molecule has 0 unspecified atom stereocenters. The van der Waals surface area contributed by atoms with Crippen LogP contribution in [0.1, 0.15) is 61.0 Å². The number of benzene rings is 2. The van der Waals surface area contributed by atoms with Gasteiger partial charge in [0.15, 0.2) is 0 Å². The summed E-state index contributed by atoms with van der Waals surface area (Å²) in [5.74, 6) is -0.443. The van der Waals surface area contributed by atoms with Crippen LogP contribution in [0.25, 0.3) is 0 Å². The molecule has 0 aliphatic heterocycles. The Balaban J connectivity index is 1.86. The zero-order valence-corrected chi connectivity index (χ0v) is 19.3. The van der Waals surface area contributed by atoms with Gasteiger partial charge in [0.25, 0.3) is 0 Å². The van der Waals surface area contributed by atoms with Crippen molar-refractivity contribution in [3.8, 4) is 0 Å². The molecule has 0 heterocycles. The number of halogens is 6. The van der Waals surface area contributed by atoms with Gasteiger partial charge in [-0.05, 0) is 61.9 Å². The molecule has 3 rings (SSSR count). The van der Waals surface area contributed by atoms with Crippen LogP contribution >= 0.6 is 0 Å². The van der Waals surface area contributed by atoms with Gasteiger partial charge in [0.05, 0.1) is 30.9 Å². The van der Waals surface area contributed by atoms with E-state index in [1.165, 1.54) is 20.1 Å². The van der Waals surface area contributed by atoms with Crippen LogP contribution in [-0.4, -0.2) is 19.7 Å². The molecule has 2 aromatic carbocycles. The number of rotatable bonds is 6. The van der Waals surface area contributed by atoms with Crippen LogP contribution in [0, 0.1) is 0 Å². The third kappa shape index (κ3) is 6.66. The van der Waals surface area contributed by atoms with E-state index < -0.39 is 41.0 Å². The van der Waals surface area contributed by atoms with Gasteiger partial charge < -0.3 is 9.47 Å². The maximum absolute atomic E-state index is 13.3. The second kappa shape index (κ2) is 10.4. The zero-order chi connectivity index (χ0) is 25.9. The van der Waals surface area contributed by atoms with E-state index in [0.29, 0.717) is 37.8 Å². The zero-order valence-electron chi connectivity index (χ0n) is 19.3. The molecule has 0 spiro atoms. The lowest BCUT2D eigenvalue weighted by Gasteiger charge is -2.39. The summed E-state index contributed by atoms with van der Waals surface area (Å²) < 4.78 is 90.2. The third-order valence-corrected chi connectivity index (χ3v) is 6.45. The highest BCUT2D eigenvalue weighted by atomic mass is 19.4. The first-order valence-corrected chi connectivity index (χ1v) is 11.1. The van der Waals surface area contributed by atoms with Crippen molar-refractivity contribution >= 4 is 5.97 Å². The van der Waals surface area contributed by atoms with E-state index in [2.05, 4.69) is 4.74 Å². The number of hydrogen-bond donors (Lipinski definition) is 0. The molecular weight excluding hydrogens is 474 g/mol. The van der Waals surface area contributed by atoms with Gasteiger partial charge in [-0.15, -0.1) is 0 Å². The lowest BCUT2D eigenvalue weighted by Crippen LogP contribution is -2.35. The molecular formula is C26H26F6O3. The van der Waals surface area contributed by atoms with E-state index in [-0.39, 0.29) is 18.2 Å². The highest BCUT2D eigenvalue weighted by Crippen LogP contribution is 2.43. The van der Waals surface area contributed by atoms with Gasteiger partial charge in [-0.25, -0.2) is 4.79 Å². The van der Waals surface area contributed by atoms with E-state index in [9.17, 15) is 31.1 Å². The minimum absolute atomic E-state index is 0.0985. The topological polar surface area (TPSA) is 35.5 Å². The fraction of sp³-hybridized carbons (Fsp3) is 0.423. The van der Waals surface area contributed by atoms with Gasteiger partial charge in [-0.3, -0.25) is 0 Å². The van der Waals surface area contributed by atoms with Crippen LogP contribution in [0.3, 0.4) is 0 Å². The highest BCUT2D eigenvalue weighted by Gasteiger charge is 2.39. The Bertz CT molecular complexity index is 1010. The number of carbonyl (C=O) groups is 1. The Kier molecular flexibility index (Phi) is 7.99. The first-order chi connectivity index (χ1) is 16.3. The summed E-state index contributed by atoms with van der Waals surface area (Å²) in [5, 5.41) is 0.